The molecule has 2 atom stereocenters. The Kier molecular flexibility index (Phi) is 3.44. The number of ketones is 1. The van der Waals surface area contributed by atoms with Gasteiger partial charge in [0.2, 0.25) is 5.91 Å². The molecule has 0 spiro atoms. The summed E-state index contributed by atoms with van der Waals surface area (Å²) in [5, 5.41) is 11.0. The van der Waals surface area contributed by atoms with Gasteiger partial charge in [-0.15, -0.1) is 0 Å². The van der Waals surface area contributed by atoms with Gasteiger partial charge in [-0.25, -0.2) is 0 Å². The molecule has 4 heteroatoms. The Morgan fingerprint density at radius 1 is 1.20 bits per heavy atom. The van der Waals surface area contributed by atoms with Crippen molar-refractivity contribution in [2.24, 2.45) is 5.92 Å². The monoisotopic (exact) mass is 277 g/mol. The van der Waals surface area contributed by atoms with E-state index in [0.29, 0.717) is 19.3 Å². The van der Waals surface area contributed by atoms with Crippen LogP contribution in [-0.2, 0) is 9.59 Å². The van der Waals surface area contributed by atoms with Crippen molar-refractivity contribution in [1.82, 2.24) is 4.90 Å². The average Bonchev–Trinajstić information content (AvgIpc) is 2.64. The fourth-order valence-electron chi connectivity index (χ4n) is 4.13. The highest BCUT2D eigenvalue weighted by molar-refractivity contribution is 6.00. The van der Waals surface area contributed by atoms with Crippen LogP contribution in [0.5, 0.6) is 0 Å². The highest BCUT2D eigenvalue weighted by Gasteiger charge is 2.44. The zero-order valence-corrected chi connectivity index (χ0v) is 12.2. The lowest BCUT2D eigenvalue weighted by Gasteiger charge is -2.32. The van der Waals surface area contributed by atoms with Gasteiger partial charge in [-0.05, 0) is 49.2 Å². The van der Waals surface area contributed by atoms with E-state index >= 15 is 0 Å². The SMILES string of the molecule is CC1CC(=O)N2CCCC3=C(CCC2)C(O)(CC3=O)C1. The van der Waals surface area contributed by atoms with Crippen molar-refractivity contribution in [3.63, 3.8) is 0 Å². The topological polar surface area (TPSA) is 57.6 Å². The van der Waals surface area contributed by atoms with Crippen LogP contribution in [0.3, 0.4) is 0 Å². The molecule has 0 aromatic carbocycles. The highest BCUT2D eigenvalue weighted by atomic mass is 16.3. The average molecular weight is 277 g/mol. The third-order valence-corrected chi connectivity index (χ3v) is 4.99. The van der Waals surface area contributed by atoms with Crippen molar-refractivity contribution in [2.75, 3.05) is 13.1 Å². The lowest BCUT2D eigenvalue weighted by Crippen LogP contribution is -2.38. The molecule has 20 heavy (non-hydrogen) atoms. The molecule has 1 saturated heterocycles. The number of carbonyl (C=O) groups excluding carboxylic acids is 2. The van der Waals surface area contributed by atoms with Crippen LogP contribution in [0.25, 0.3) is 0 Å². The van der Waals surface area contributed by atoms with Crippen LogP contribution >= 0.6 is 0 Å². The van der Waals surface area contributed by atoms with Crippen molar-refractivity contribution < 1.29 is 14.7 Å². The summed E-state index contributed by atoms with van der Waals surface area (Å²) in [5.74, 6) is 0.460. The minimum atomic E-state index is -0.974. The van der Waals surface area contributed by atoms with Gasteiger partial charge in [-0.3, -0.25) is 9.59 Å². The quantitative estimate of drug-likeness (QED) is 0.735. The minimum absolute atomic E-state index is 0.119. The standard InChI is InChI=1S/C16H23NO3/c1-11-8-15(19)17-6-2-4-12-13(5-3-7-17)16(20,9-11)10-14(12)18/h11,20H,2-10H2,1H3. The molecule has 3 rings (SSSR count). The van der Waals surface area contributed by atoms with Gasteiger partial charge < -0.3 is 10.0 Å². The van der Waals surface area contributed by atoms with Gasteiger partial charge in [0, 0.05) is 25.9 Å². The molecule has 3 aliphatic rings. The Morgan fingerprint density at radius 2 is 1.90 bits per heavy atom. The lowest BCUT2D eigenvalue weighted by molar-refractivity contribution is -0.132. The molecule has 1 N–H and O–H groups in total. The van der Waals surface area contributed by atoms with Crippen molar-refractivity contribution in [1.29, 1.82) is 0 Å². The molecule has 4 nitrogen and oxygen atoms in total. The zero-order chi connectivity index (χ0) is 14.3. The Bertz CT molecular complexity index is 482. The first-order chi connectivity index (χ1) is 9.49. The second-order valence-electron chi connectivity index (χ2n) is 6.69. The number of fused-ring (bicyclic) bond motifs is 3. The molecule has 1 aliphatic carbocycles. The predicted molar refractivity (Wildman–Crippen MR) is 75.0 cm³/mol. The number of rotatable bonds is 0. The second kappa shape index (κ2) is 4.99. The molecule has 0 radical (unpaired) electrons. The van der Waals surface area contributed by atoms with Crippen LogP contribution in [0.1, 0.15) is 51.9 Å². The van der Waals surface area contributed by atoms with Crippen molar-refractivity contribution in [3.05, 3.63) is 11.1 Å². The molecule has 2 aliphatic heterocycles. The normalized spacial score (nSPS) is 35.3. The number of Topliss-reactive ketones (excluding diaryl/α,β-unsaturated/α-hetero) is 1. The van der Waals surface area contributed by atoms with Gasteiger partial charge in [0.15, 0.2) is 5.78 Å². The van der Waals surface area contributed by atoms with Crippen LogP contribution in [0, 0.1) is 5.92 Å². The molecule has 0 aromatic heterocycles. The fraction of sp³-hybridized carbons (Fsp3) is 0.750. The van der Waals surface area contributed by atoms with Crippen molar-refractivity contribution >= 4 is 11.7 Å². The van der Waals surface area contributed by atoms with Crippen LogP contribution in [0.4, 0.5) is 0 Å². The zero-order valence-electron chi connectivity index (χ0n) is 12.2. The molecular formula is C16H23NO3. The summed E-state index contributed by atoms with van der Waals surface area (Å²) in [6.45, 7) is 3.51. The third-order valence-electron chi connectivity index (χ3n) is 4.99. The third kappa shape index (κ3) is 2.30. The number of aliphatic hydroxyl groups is 1. The van der Waals surface area contributed by atoms with Crippen LogP contribution in [0.15, 0.2) is 11.1 Å². The number of hydrogen-bond acceptors (Lipinski definition) is 3. The van der Waals surface area contributed by atoms with E-state index in [-0.39, 0.29) is 24.0 Å². The first-order valence-electron chi connectivity index (χ1n) is 7.75. The summed E-state index contributed by atoms with van der Waals surface area (Å²) in [6, 6.07) is 0. The van der Waals surface area contributed by atoms with E-state index in [4.69, 9.17) is 0 Å². The summed E-state index contributed by atoms with van der Waals surface area (Å²) in [6.07, 6.45) is 4.42. The molecule has 1 fully saturated rings. The van der Waals surface area contributed by atoms with E-state index in [9.17, 15) is 14.7 Å². The summed E-state index contributed by atoms with van der Waals surface area (Å²) < 4.78 is 0. The smallest absolute Gasteiger partial charge is 0.222 e. The Morgan fingerprint density at radius 3 is 2.65 bits per heavy atom. The summed E-state index contributed by atoms with van der Waals surface area (Å²) >= 11 is 0. The molecule has 110 valence electrons. The van der Waals surface area contributed by atoms with Gasteiger partial charge in [0.05, 0.1) is 5.60 Å². The van der Waals surface area contributed by atoms with E-state index in [0.717, 1.165) is 43.5 Å². The van der Waals surface area contributed by atoms with Crippen molar-refractivity contribution in [2.45, 2.75) is 57.5 Å². The van der Waals surface area contributed by atoms with Crippen LogP contribution in [0.2, 0.25) is 0 Å². The van der Waals surface area contributed by atoms with Crippen LogP contribution < -0.4 is 0 Å². The largest absolute Gasteiger partial charge is 0.385 e. The van der Waals surface area contributed by atoms with Gasteiger partial charge in [-0.2, -0.15) is 0 Å². The van der Waals surface area contributed by atoms with Crippen molar-refractivity contribution in [3.8, 4) is 0 Å². The maximum atomic E-state index is 12.3. The van der Waals surface area contributed by atoms with E-state index in [1.165, 1.54) is 0 Å². The summed E-state index contributed by atoms with van der Waals surface area (Å²) in [7, 11) is 0. The van der Waals surface area contributed by atoms with Crippen LogP contribution in [-0.4, -0.2) is 40.4 Å². The molecule has 1 amide bonds. The number of hydrogen-bond donors (Lipinski definition) is 1. The van der Waals surface area contributed by atoms with Gasteiger partial charge >= 0.3 is 0 Å². The highest BCUT2D eigenvalue weighted by Crippen LogP contribution is 2.43. The lowest BCUT2D eigenvalue weighted by atomic mass is 9.82. The first kappa shape index (κ1) is 13.8. The molecular weight excluding hydrogens is 254 g/mol. The fourth-order valence-corrected chi connectivity index (χ4v) is 4.13. The molecule has 0 aromatic rings. The van der Waals surface area contributed by atoms with Gasteiger partial charge in [0.25, 0.3) is 0 Å². The Balaban J connectivity index is 2.02. The van der Waals surface area contributed by atoms with E-state index in [2.05, 4.69) is 0 Å². The molecule has 0 saturated carbocycles. The molecule has 2 heterocycles. The maximum absolute atomic E-state index is 12.3. The maximum Gasteiger partial charge on any atom is 0.222 e. The summed E-state index contributed by atoms with van der Waals surface area (Å²) in [4.78, 5) is 26.5. The second-order valence-corrected chi connectivity index (χ2v) is 6.69. The molecule has 2 unspecified atom stereocenters. The number of carbonyl (C=O) groups is 2. The van der Waals surface area contributed by atoms with E-state index in [1.54, 1.807) is 0 Å². The Labute approximate surface area is 119 Å². The number of amides is 1. The molecule has 2 bridgehead atoms. The predicted octanol–water partition coefficient (Wildman–Crippen LogP) is 1.82. The van der Waals surface area contributed by atoms with E-state index < -0.39 is 5.60 Å². The first-order valence-corrected chi connectivity index (χ1v) is 7.75. The van der Waals surface area contributed by atoms with Gasteiger partial charge in [0.1, 0.15) is 0 Å². The Hall–Kier alpha value is -1.16. The minimum Gasteiger partial charge on any atom is -0.385 e. The van der Waals surface area contributed by atoms with Gasteiger partial charge in [-0.1, -0.05) is 6.92 Å². The summed E-state index contributed by atoms with van der Waals surface area (Å²) in [5.41, 5.74) is 0.889. The number of allylic oxidation sites excluding steroid dienone is 1. The van der Waals surface area contributed by atoms with E-state index in [1.807, 2.05) is 11.8 Å². The number of nitrogens with zero attached hydrogens (tertiary/aromatic N) is 1.